The summed E-state index contributed by atoms with van der Waals surface area (Å²) in [6.45, 7) is 12.1. The Morgan fingerprint density at radius 2 is 1.85 bits per heavy atom. The predicted molar refractivity (Wildman–Crippen MR) is 83.7 cm³/mol. The van der Waals surface area contributed by atoms with Crippen molar-refractivity contribution in [3.8, 4) is 6.07 Å². The maximum Gasteiger partial charge on any atom is 0.188 e. The standard InChI is InChI=1S/C15H24N4S/c1-10(2)19-15(6,9-16)8-13(5)20-14-17-11(3)7-12(4)18-14/h7,10,13,19H,8H2,1-6H3. The van der Waals surface area contributed by atoms with E-state index < -0.39 is 5.54 Å². The second kappa shape index (κ2) is 7.05. The minimum atomic E-state index is -0.514. The van der Waals surface area contributed by atoms with Gasteiger partial charge >= 0.3 is 0 Å². The average Bonchev–Trinajstić information content (AvgIpc) is 2.25. The van der Waals surface area contributed by atoms with Crippen LogP contribution in [-0.2, 0) is 0 Å². The number of rotatable bonds is 6. The minimum Gasteiger partial charge on any atom is -0.297 e. The van der Waals surface area contributed by atoms with E-state index in [1.807, 2.05) is 26.8 Å². The molecule has 1 N–H and O–H groups in total. The second-order valence-electron chi connectivity index (χ2n) is 5.81. The van der Waals surface area contributed by atoms with Crippen molar-refractivity contribution in [3.63, 3.8) is 0 Å². The first-order valence-electron chi connectivity index (χ1n) is 6.92. The summed E-state index contributed by atoms with van der Waals surface area (Å²) in [6.07, 6.45) is 0.753. The Hall–Kier alpha value is -1.12. The summed E-state index contributed by atoms with van der Waals surface area (Å²) < 4.78 is 0. The Kier molecular flexibility index (Phi) is 5.97. The molecule has 0 aliphatic heterocycles. The molecule has 5 heteroatoms. The second-order valence-corrected chi connectivity index (χ2v) is 7.21. The van der Waals surface area contributed by atoms with Gasteiger partial charge in [-0.25, -0.2) is 9.97 Å². The maximum atomic E-state index is 9.38. The van der Waals surface area contributed by atoms with E-state index in [9.17, 15) is 5.26 Å². The van der Waals surface area contributed by atoms with Gasteiger partial charge in [-0.1, -0.05) is 18.7 Å². The van der Waals surface area contributed by atoms with Gasteiger partial charge in [-0.15, -0.1) is 0 Å². The van der Waals surface area contributed by atoms with Crippen molar-refractivity contribution in [2.24, 2.45) is 0 Å². The van der Waals surface area contributed by atoms with E-state index in [0.717, 1.165) is 23.0 Å². The molecule has 2 unspecified atom stereocenters. The molecule has 0 spiro atoms. The van der Waals surface area contributed by atoms with Gasteiger partial charge in [0.25, 0.3) is 0 Å². The van der Waals surface area contributed by atoms with E-state index in [1.54, 1.807) is 11.8 Å². The molecule has 4 nitrogen and oxygen atoms in total. The number of aromatic nitrogens is 2. The number of nitrogens with zero attached hydrogens (tertiary/aromatic N) is 3. The Morgan fingerprint density at radius 1 is 1.30 bits per heavy atom. The highest BCUT2D eigenvalue weighted by atomic mass is 32.2. The molecule has 1 aromatic rings. The molecule has 0 radical (unpaired) electrons. The molecule has 0 aromatic carbocycles. The smallest absolute Gasteiger partial charge is 0.188 e. The van der Waals surface area contributed by atoms with Gasteiger partial charge < -0.3 is 0 Å². The molecule has 110 valence electrons. The molecule has 2 atom stereocenters. The highest BCUT2D eigenvalue weighted by molar-refractivity contribution is 7.99. The SMILES string of the molecule is Cc1cc(C)nc(SC(C)CC(C)(C#N)NC(C)C)n1. The Morgan fingerprint density at radius 3 is 2.30 bits per heavy atom. The van der Waals surface area contributed by atoms with E-state index in [0.29, 0.717) is 0 Å². The average molecular weight is 292 g/mol. The zero-order valence-corrected chi connectivity index (χ0v) is 14.0. The molecule has 0 bridgehead atoms. The van der Waals surface area contributed by atoms with E-state index in [2.05, 4.69) is 42.1 Å². The van der Waals surface area contributed by atoms with E-state index in [1.165, 1.54) is 0 Å². The van der Waals surface area contributed by atoms with E-state index in [-0.39, 0.29) is 11.3 Å². The third kappa shape index (κ3) is 5.48. The molecule has 20 heavy (non-hydrogen) atoms. The molecule has 0 amide bonds. The largest absolute Gasteiger partial charge is 0.297 e. The lowest BCUT2D eigenvalue weighted by Gasteiger charge is -2.28. The topological polar surface area (TPSA) is 61.6 Å². The van der Waals surface area contributed by atoms with E-state index in [4.69, 9.17) is 0 Å². The molecular formula is C15H24N4S. The van der Waals surface area contributed by atoms with Gasteiger partial charge in [0.1, 0.15) is 5.54 Å². The van der Waals surface area contributed by atoms with Crippen molar-refractivity contribution in [2.45, 2.75) is 70.0 Å². The molecule has 0 saturated carbocycles. The van der Waals surface area contributed by atoms with Crippen LogP contribution in [0.25, 0.3) is 0 Å². The van der Waals surface area contributed by atoms with Crippen LogP contribution in [0.1, 0.15) is 45.5 Å². The molecule has 0 saturated heterocycles. The molecule has 1 heterocycles. The number of nitrogens with one attached hydrogen (secondary N) is 1. The lowest BCUT2D eigenvalue weighted by molar-refractivity contribution is 0.382. The quantitative estimate of drug-likeness (QED) is 0.644. The van der Waals surface area contributed by atoms with Gasteiger partial charge in [0, 0.05) is 22.7 Å². The highest BCUT2D eigenvalue weighted by Crippen LogP contribution is 2.26. The first kappa shape index (κ1) is 16.9. The summed E-state index contributed by atoms with van der Waals surface area (Å²) in [5.41, 5.74) is 1.45. The van der Waals surface area contributed by atoms with Crippen LogP contribution in [0.15, 0.2) is 11.2 Å². The van der Waals surface area contributed by atoms with Crippen molar-refractivity contribution >= 4 is 11.8 Å². The van der Waals surface area contributed by atoms with Gasteiger partial charge in [0.2, 0.25) is 0 Å². The molecule has 1 aromatic heterocycles. The first-order valence-corrected chi connectivity index (χ1v) is 7.80. The number of hydrogen-bond donors (Lipinski definition) is 1. The molecule has 0 aliphatic rings. The van der Waals surface area contributed by atoms with Gasteiger partial charge in [-0.3, -0.25) is 5.32 Å². The Bertz CT molecular complexity index is 475. The van der Waals surface area contributed by atoms with Crippen LogP contribution in [0.4, 0.5) is 0 Å². The minimum absolute atomic E-state index is 0.270. The van der Waals surface area contributed by atoms with Crippen LogP contribution in [0.2, 0.25) is 0 Å². The van der Waals surface area contributed by atoms with Gasteiger partial charge in [-0.2, -0.15) is 5.26 Å². The van der Waals surface area contributed by atoms with Crippen LogP contribution >= 0.6 is 11.8 Å². The maximum absolute atomic E-state index is 9.38. The van der Waals surface area contributed by atoms with Crippen molar-refractivity contribution < 1.29 is 0 Å². The summed E-state index contributed by atoms with van der Waals surface area (Å²) in [6, 6.07) is 4.64. The monoisotopic (exact) mass is 292 g/mol. The third-order valence-electron chi connectivity index (χ3n) is 2.82. The molecular weight excluding hydrogens is 268 g/mol. The number of nitriles is 1. The molecule has 1 rings (SSSR count). The summed E-state index contributed by atoms with van der Waals surface area (Å²) in [5, 5.41) is 13.8. The lowest BCUT2D eigenvalue weighted by Crippen LogP contribution is -2.46. The number of aryl methyl sites for hydroxylation is 2. The van der Waals surface area contributed by atoms with Gasteiger partial charge in [0.15, 0.2) is 5.16 Å². The van der Waals surface area contributed by atoms with Crippen LogP contribution in [0.5, 0.6) is 0 Å². The number of thioether (sulfide) groups is 1. The molecule has 0 fully saturated rings. The van der Waals surface area contributed by atoms with Gasteiger partial charge in [-0.05, 0) is 47.1 Å². The van der Waals surface area contributed by atoms with Crippen LogP contribution < -0.4 is 5.32 Å². The number of hydrogen-bond acceptors (Lipinski definition) is 5. The fraction of sp³-hybridized carbons (Fsp3) is 0.667. The highest BCUT2D eigenvalue weighted by Gasteiger charge is 2.27. The van der Waals surface area contributed by atoms with E-state index >= 15 is 0 Å². The summed E-state index contributed by atoms with van der Waals surface area (Å²) in [4.78, 5) is 8.88. The van der Waals surface area contributed by atoms with Crippen LogP contribution in [0, 0.1) is 25.2 Å². The summed E-state index contributed by atoms with van der Waals surface area (Å²) in [7, 11) is 0. The third-order valence-corrected chi connectivity index (χ3v) is 3.78. The first-order chi connectivity index (χ1) is 9.24. The Balaban J connectivity index is 2.71. The van der Waals surface area contributed by atoms with Crippen molar-refractivity contribution in [3.05, 3.63) is 17.5 Å². The van der Waals surface area contributed by atoms with Crippen molar-refractivity contribution in [2.75, 3.05) is 0 Å². The summed E-state index contributed by atoms with van der Waals surface area (Å²) in [5.74, 6) is 0. The molecule has 0 aliphatic carbocycles. The fourth-order valence-electron chi connectivity index (χ4n) is 2.32. The lowest BCUT2D eigenvalue weighted by atomic mass is 9.97. The van der Waals surface area contributed by atoms with Gasteiger partial charge in [0.05, 0.1) is 6.07 Å². The van der Waals surface area contributed by atoms with Crippen LogP contribution in [0.3, 0.4) is 0 Å². The fourth-order valence-corrected chi connectivity index (χ4v) is 3.49. The van der Waals surface area contributed by atoms with Crippen molar-refractivity contribution in [1.82, 2.24) is 15.3 Å². The van der Waals surface area contributed by atoms with Crippen molar-refractivity contribution in [1.29, 1.82) is 5.26 Å². The predicted octanol–water partition coefficient (Wildman–Crippen LogP) is 3.24. The van der Waals surface area contributed by atoms with Crippen LogP contribution in [-0.4, -0.2) is 26.8 Å². The normalized spacial score (nSPS) is 15.7. The summed E-state index contributed by atoms with van der Waals surface area (Å²) >= 11 is 1.63. The zero-order chi connectivity index (χ0) is 15.3. The zero-order valence-electron chi connectivity index (χ0n) is 13.2. The Labute approximate surface area is 126 Å².